The van der Waals surface area contributed by atoms with Crippen molar-refractivity contribution in [2.24, 2.45) is 0 Å². The fourth-order valence-corrected chi connectivity index (χ4v) is 1.92. The standard InChI is InChI=1S/C14H16NO2/c1-16-14(17-2,13-9-5-3-6-10-13)15-11-7-4-8-12-15/h3-12H,1-2H3/q+1. The van der Waals surface area contributed by atoms with Crippen LogP contribution in [0.25, 0.3) is 0 Å². The Balaban J connectivity index is 2.54. The van der Waals surface area contributed by atoms with E-state index < -0.39 is 5.91 Å². The Morgan fingerprint density at radius 3 is 1.88 bits per heavy atom. The van der Waals surface area contributed by atoms with Gasteiger partial charge in [-0.1, -0.05) is 24.3 Å². The van der Waals surface area contributed by atoms with Crippen LogP contribution in [-0.2, 0) is 15.4 Å². The maximum absolute atomic E-state index is 5.60. The summed E-state index contributed by atoms with van der Waals surface area (Å²) >= 11 is 0. The zero-order valence-corrected chi connectivity index (χ0v) is 10.0. The van der Waals surface area contributed by atoms with Gasteiger partial charge in [0, 0.05) is 26.4 Å². The molecule has 0 radical (unpaired) electrons. The quantitative estimate of drug-likeness (QED) is 0.591. The summed E-state index contributed by atoms with van der Waals surface area (Å²) in [6.45, 7) is 0. The number of rotatable bonds is 4. The van der Waals surface area contributed by atoms with Crippen molar-refractivity contribution >= 4 is 0 Å². The van der Waals surface area contributed by atoms with E-state index in [1.165, 1.54) is 0 Å². The second kappa shape index (κ2) is 5.08. The molecule has 1 aromatic heterocycles. The summed E-state index contributed by atoms with van der Waals surface area (Å²) in [4.78, 5) is 0. The van der Waals surface area contributed by atoms with Crippen molar-refractivity contribution < 1.29 is 14.0 Å². The van der Waals surface area contributed by atoms with Crippen LogP contribution in [-0.4, -0.2) is 14.2 Å². The Labute approximate surface area is 101 Å². The Hall–Kier alpha value is -1.71. The molecule has 1 aromatic carbocycles. The van der Waals surface area contributed by atoms with Gasteiger partial charge in [-0.15, -0.1) is 4.57 Å². The number of methoxy groups -OCH3 is 2. The highest BCUT2D eigenvalue weighted by molar-refractivity contribution is 5.18. The van der Waals surface area contributed by atoms with Gasteiger partial charge in [-0.05, 0) is 12.1 Å². The summed E-state index contributed by atoms with van der Waals surface area (Å²) < 4.78 is 13.1. The van der Waals surface area contributed by atoms with E-state index in [-0.39, 0.29) is 0 Å². The molecular formula is C14H16NO2+. The third kappa shape index (κ3) is 2.07. The average molecular weight is 230 g/mol. The molecule has 2 rings (SSSR count). The first-order valence-corrected chi connectivity index (χ1v) is 5.46. The van der Waals surface area contributed by atoms with Gasteiger partial charge in [0.25, 0.3) is 0 Å². The summed E-state index contributed by atoms with van der Waals surface area (Å²) in [5, 5.41) is 0. The van der Waals surface area contributed by atoms with Crippen molar-refractivity contribution in [1.29, 1.82) is 0 Å². The summed E-state index contributed by atoms with van der Waals surface area (Å²) in [6, 6.07) is 15.7. The van der Waals surface area contributed by atoms with E-state index in [0.29, 0.717) is 0 Å². The largest absolute Gasteiger partial charge is 0.419 e. The molecule has 17 heavy (non-hydrogen) atoms. The second-order valence-corrected chi connectivity index (χ2v) is 3.64. The molecule has 0 amide bonds. The Kier molecular flexibility index (Phi) is 3.52. The minimum Gasteiger partial charge on any atom is -0.294 e. The van der Waals surface area contributed by atoms with E-state index in [2.05, 4.69) is 0 Å². The number of aromatic nitrogens is 1. The topological polar surface area (TPSA) is 22.3 Å². The molecule has 88 valence electrons. The van der Waals surface area contributed by atoms with E-state index in [1.54, 1.807) is 14.2 Å². The first-order chi connectivity index (χ1) is 8.33. The third-order valence-corrected chi connectivity index (χ3v) is 2.75. The molecule has 0 saturated carbocycles. The zero-order valence-electron chi connectivity index (χ0n) is 10.0. The normalized spacial score (nSPS) is 11.4. The average Bonchev–Trinajstić information content (AvgIpc) is 2.43. The molecule has 0 spiro atoms. The van der Waals surface area contributed by atoms with Gasteiger partial charge in [0.2, 0.25) is 0 Å². The van der Waals surface area contributed by atoms with E-state index >= 15 is 0 Å². The molecule has 0 fully saturated rings. The number of ether oxygens (including phenoxy) is 2. The number of hydrogen-bond donors (Lipinski definition) is 0. The van der Waals surface area contributed by atoms with Crippen LogP contribution in [0.4, 0.5) is 0 Å². The van der Waals surface area contributed by atoms with Crippen LogP contribution >= 0.6 is 0 Å². The third-order valence-electron chi connectivity index (χ3n) is 2.75. The van der Waals surface area contributed by atoms with Crippen molar-refractivity contribution in [3.8, 4) is 0 Å². The highest BCUT2D eigenvalue weighted by Gasteiger charge is 2.42. The molecule has 0 unspecified atom stereocenters. The van der Waals surface area contributed by atoms with Gasteiger partial charge in [0.1, 0.15) is 0 Å². The molecule has 3 heteroatoms. The highest BCUT2D eigenvalue weighted by atomic mass is 16.7. The minimum atomic E-state index is -0.914. The minimum absolute atomic E-state index is 0.914. The van der Waals surface area contributed by atoms with Gasteiger partial charge in [-0.3, -0.25) is 9.47 Å². The number of hydrogen-bond acceptors (Lipinski definition) is 2. The van der Waals surface area contributed by atoms with Crippen molar-refractivity contribution in [3.63, 3.8) is 0 Å². The SMILES string of the molecule is COC(OC)(c1ccccc1)[n+]1ccccc1. The van der Waals surface area contributed by atoms with Crippen LogP contribution < -0.4 is 4.57 Å². The van der Waals surface area contributed by atoms with E-state index in [4.69, 9.17) is 9.47 Å². The smallest absolute Gasteiger partial charge is 0.294 e. The lowest BCUT2D eigenvalue weighted by molar-refractivity contribution is -0.842. The molecule has 0 N–H and O–H groups in total. The van der Waals surface area contributed by atoms with Crippen LogP contribution in [0.5, 0.6) is 0 Å². The molecule has 0 bridgehead atoms. The highest BCUT2D eigenvalue weighted by Crippen LogP contribution is 2.21. The first-order valence-electron chi connectivity index (χ1n) is 5.46. The van der Waals surface area contributed by atoms with Crippen molar-refractivity contribution in [3.05, 3.63) is 66.5 Å². The summed E-state index contributed by atoms with van der Waals surface area (Å²) in [6.07, 6.45) is 3.83. The Bertz CT molecular complexity index is 411. The Morgan fingerprint density at radius 2 is 1.35 bits per heavy atom. The molecule has 0 aliphatic rings. The number of benzene rings is 1. The van der Waals surface area contributed by atoms with Gasteiger partial charge in [-0.2, -0.15) is 0 Å². The molecule has 0 aliphatic heterocycles. The predicted octanol–water partition coefficient (Wildman–Crippen LogP) is 1.93. The predicted molar refractivity (Wildman–Crippen MR) is 64.2 cm³/mol. The lowest BCUT2D eigenvalue weighted by atomic mass is 10.1. The molecule has 2 aromatic rings. The van der Waals surface area contributed by atoms with Crippen molar-refractivity contribution in [1.82, 2.24) is 0 Å². The summed E-state index contributed by atoms with van der Waals surface area (Å²) in [5.41, 5.74) is 0.946. The molecular weight excluding hydrogens is 214 g/mol. The lowest BCUT2D eigenvalue weighted by Crippen LogP contribution is -2.59. The van der Waals surface area contributed by atoms with Crippen LogP contribution in [0.2, 0.25) is 0 Å². The van der Waals surface area contributed by atoms with E-state index in [9.17, 15) is 0 Å². The monoisotopic (exact) mass is 230 g/mol. The molecule has 0 atom stereocenters. The summed E-state index contributed by atoms with van der Waals surface area (Å²) in [7, 11) is 3.27. The first kappa shape index (κ1) is 11.8. The molecule has 0 aliphatic carbocycles. The van der Waals surface area contributed by atoms with Gasteiger partial charge < -0.3 is 0 Å². The van der Waals surface area contributed by atoms with Gasteiger partial charge in [-0.25, -0.2) is 0 Å². The number of pyridine rings is 1. The summed E-state index contributed by atoms with van der Waals surface area (Å²) in [5.74, 6) is -0.914. The second-order valence-electron chi connectivity index (χ2n) is 3.64. The van der Waals surface area contributed by atoms with E-state index in [1.807, 2.05) is 65.5 Å². The van der Waals surface area contributed by atoms with Crippen molar-refractivity contribution in [2.75, 3.05) is 14.2 Å². The Morgan fingerprint density at radius 1 is 0.824 bits per heavy atom. The maximum Gasteiger partial charge on any atom is 0.419 e. The molecule has 0 saturated heterocycles. The van der Waals surface area contributed by atoms with Gasteiger partial charge in [0.05, 0.1) is 5.56 Å². The molecule has 1 heterocycles. The van der Waals surface area contributed by atoms with E-state index in [0.717, 1.165) is 5.56 Å². The van der Waals surface area contributed by atoms with Crippen LogP contribution in [0.15, 0.2) is 60.9 Å². The number of nitrogens with zero attached hydrogens (tertiary/aromatic N) is 1. The van der Waals surface area contributed by atoms with Crippen LogP contribution in [0.1, 0.15) is 5.56 Å². The maximum atomic E-state index is 5.60. The van der Waals surface area contributed by atoms with Crippen LogP contribution in [0.3, 0.4) is 0 Å². The lowest BCUT2D eigenvalue weighted by Gasteiger charge is -2.24. The van der Waals surface area contributed by atoms with Gasteiger partial charge >= 0.3 is 5.91 Å². The fraction of sp³-hybridized carbons (Fsp3) is 0.214. The van der Waals surface area contributed by atoms with Gasteiger partial charge in [0.15, 0.2) is 12.4 Å². The zero-order chi connectivity index (χ0) is 12.1. The van der Waals surface area contributed by atoms with Crippen LogP contribution in [0, 0.1) is 0 Å². The molecule has 3 nitrogen and oxygen atoms in total. The van der Waals surface area contributed by atoms with Crippen molar-refractivity contribution in [2.45, 2.75) is 5.91 Å². The fourth-order valence-electron chi connectivity index (χ4n) is 1.92.